The largest absolute Gasteiger partial charge is 0.399 e. The van der Waals surface area contributed by atoms with Gasteiger partial charge in [0.2, 0.25) is 0 Å². The number of aromatic amines is 1. The van der Waals surface area contributed by atoms with Crippen LogP contribution in [-0.2, 0) is 16.1 Å². The summed E-state index contributed by atoms with van der Waals surface area (Å²) in [6.07, 6.45) is 1.13. The molecule has 2 aromatic carbocycles. The molecule has 0 fully saturated rings. The van der Waals surface area contributed by atoms with Crippen LogP contribution in [0.1, 0.15) is 35.2 Å². The van der Waals surface area contributed by atoms with E-state index in [0.29, 0.717) is 36.3 Å². The molecule has 1 aromatic heterocycles. The number of halogens is 1. The molecule has 9 heteroatoms. The number of aryl methyl sites for hydroxylation is 1. The lowest BCUT2D eigenvalue weighted by atomic mass is 10.1. The SMILES string of the molecule is CCC(=NOC)C(=O)Nc1ccc(C(=O)N2CCc3[nH]c(C)nc3-c3ccccc32)cc1.Cl. The molecule has 33 heavy (non-hydrogen) atoms. The third-order valence-electron chi connectivity index (χ3n) is 5.37. The average Bonchev–Trinajstić information content (AvgIpc) is 3.11. The van der Waals surface area contributed by atoms with Crippen molar-refractivity contribution < 1.29 is 14.4 Å². The Labute approximate surface area is 198 Å². The number of amides is 2. The van der Waals surface area contributed by atoms with Gasteiger partial charge in [-0.05, 0) is 43.7 Å². The summed E-state index contributed by atoms with van der Waals surface area (Å²) in [6, 6.07) is 14.7. The number of H-pyrrole nitrogens is 1. The molecule has 0 aliphatic carbocycles. The van der Waals surface area contributed by atoms with Gasteiger partial charge in [0.05, 0.1) is 11.4 Å². The van der Waals surface area contributed by atoms with Crippen molar-refractivity contribution in [3.05, 3.63) is 65.6 Å². The average molecular weight is 468 g/mol. The van der Waals surface area contributed by atoms with E-state index < -0.39 is 0 Å². The molecule has 2 amide bonds. The second kappa shape index (κ2) is 10.3. The predicted octanol–water partition coefficient (Wildman–Crippen LogP) is 4.36. The van der Waals surface area contributed by atoms with Gasteiger partial charge in [-0.1, -0.05) is 30.3 Å². The van der Waals surface area contributed by atoms with Crippen LogP contribution in [0.2, 0.25) is 0 Å². The summed E-state index contributed by atoms with van der Waals surface area (Å²) in [6.45, 7) is 4.30. The summed E-state index contributed by atoms with van der Waals surface area (Å²) in [5.74, 6) is 0.426. The number of hydrogen-bond acceptors (Lipinski definition) is 5. The molecule has 1 aliphatic heterocycles. The second-order valence-corrected chi connectivity index (χ2v) is 7.48. The van der Waals surface area contributed by atoms with Crippen LogP contribution in [0, 0.1) is 6.92 Å². The number of nitrogens with one attached hydrogen (secondary N) is 2. The zero-order chi connectivity index (χ0) is 22.7. The van der Waals surface area contributed by atoms with E-state index in [2.05, 4.69) is 20.4 Å². The highest BCUT2D eigenvalue weighted by Crippen LogP contribution is 2.35. The van der Waals surface area contributed by atoms with Crippen LogP contribution in [0.3, 0.4) is 0 Å². The van der Waals surface area contributed by atoms with Gasteiger partial charge in [-0.25, -0.2) is 4.98 Å². The lowest BCUT2D eigenvalue weighted by Crippen LogP contribution is -2.32. The summed E-state index contributed by atoms with van der Waals surface area (Å²) in [7, 11) is 1.40. The van der Waals surface area contributed by atoms with E-state index in [1.165, 1.54) is 7.11 Å². The van der Waals surface area contributed by atoms with Crippen LogP contribution in [0.4, 0.5) is 11.4 Å². The van der Waals surface area contributed by atoms with Gasteiger partial charge in [0.25, 0.3) is 11.8 Å². The number of oxime groups is 1. The van der Waals surface area contributed by atoms with E-state index in [9.17, 15) is 9.59 Å². The van der Waals surface area contributed by atoms with Gasteiger partial charge in [-0.3, -0.25) is 9.59 Å². The lowest BCUT2D eigenvalue weighted by Gasteiger charge is -2.23. The lowest BCUT2D eigenvalue weighted by molar-refractivity contribution is -0.110. The number of benzene rings is 2. The second-order valence-electron chi connectivity index (χ2n) is 7.48. The third kappa shape index (κ3) is 4.90. The van der Waals surface area contributed by atoms with E-state index >= 15 is 0 Å². The fourth-order valence-electron chi connectivity index (χ4n) is 3.84. The first-order valence-corrected chi connectivity index (χ1v) is 10.5. The number of carbonyl (C=O) groups excluding carboxylic acids is 2. The number of aromatic nitrogens is 2. The van der Waals surface area contributed by atoms with E-state index in [-0.39, 0.29) is 24.2 Å². The zero-order valence-electron chi connectivity index (χ0n) is 18.7. The fourth-order valence-corrected chi connectivity index (χ4v) is 3.84. The van der Waals surface area contributed by atoms with Gasteiger partial charge in [0, 0.05) is 35.5 Å². The highest BCUT2D eigenvalue weighted by atomic mass is 35.5. The molecular formula is C24H26ClN5O3. The van der Waals surface area contributed by atoms with Crippen molar-refractivity contribution in [3.8, 4) is 11.3 Å². The first-order chi connectivity index (χ1) is 15.5. The van der Waals surface area contributed by atoms with Gasteiger partial charge < -0.3 is 20.0 Å². The Morgan fingerprint density at radius 2 is 1.91 bits per heavy atom. The van der Waals surface area contributed by atoms with E-state index in [0.717, 1.165) is 28.5 Å². The monoisotopic (exact) mass is 467 g/mol. The molecule has 3 aromatic rings. The van der Waals surface area contributed by atoms with Crippen molar-refractivity contribution >= 4 is 41.3 Å². The van der Waals surface area contributed by atoms with Crippen LogP contribution in [0.15, 0.2) is 53.7 Å². The minimum atomic E-state index is -0.334. The fraction of sp³-hybridized carbons (Fsp3) is 0.250. The molecule has 0 bridgehead atoms. The summed E-state index contributed by atoms with van der Waals surface area (Å²) < 4.78 is 0. The number of hydrogen-bond donors (Lipinski definition) is 2. The van der Waals surface area contributed by atoms with Crippen molar-refractivity contribution in [2.24, 2.45) is 5.16 Å². The number of rotatable bonds is 5. The highest BCUT2D eigenvalue weighted by Gasteiger charge is 2.26. The van der Waals surface area contributed by atoms with Gasteiger partial charge in [-0.2, -0.15) is 0 Å². The molecule has 4 rings (SSSR count). The van der Waals surface area contributed by atoms with Crippen molar-refractivity contribution in [2.75, 3.05) is 23.9 Å². The molecule has 0 radical (unpaired) electrons. The summed E-state index contributed by atoms with van der Waals surface area (Å²) >= 11 is 0. The number of carbonyl (C=O) groups is 2. The number of fused-ring (bicyclic) bond motifs is 3. The Bertz CT molecular complexity index is 1190. The van der Waals surface area contributed by atoms with Crippen molar-refractivity contribution in [1.82, 2.24) is 9.97 Å². The highest BCUT2D eigenvalue weighted by molar-refractivity contribution is 6.42. The number of nitrogens with zero attached hydrogens (tertiary/aromatic N) is 3. The Balaban J connectivity index is 0.00000306. The van der Waals surface area contributed by atoms with E-state index in [1.54, 1.807) is 29.2 Å². The Morgan fingerprint density at radius 3 is 2.61 bits per heavy atom. The quantitative estimate of drug-likeness (QED) is 0.430. The maximum absolute atomic E-state index is 13.4. The minimum Gasteiger partial charge on any atom is -0.399 e. The zero-order valence-corrected chi connectivity index (χ0v) is 19.5. The van der Waals surface area contributed by atoms with E-state index in [4.69, 9.17) is 4.84 Å². The van der Waals surface area contributed by atoms with E-state index in [1.807, 2.05) is 38.1 Å². The molecule has 0 saturated carbocycles. The van der Waals surface area contributed by atoms with Gasteiger partial charge >= 0.3 is 0 Å². The maximum atomic E-state index is 13.4. The van der Waals surface area contributed by atoms with Crippen molar-refractivity contribution in [3.63, 3.8) is 0 Å². The van der Waals surface area contributed by atoms with Gasteiger partial charge in [-0.15, -0.1) is 12.4 Å². The molecule has 0 atom stereocenters. The summed E-state index contributed by atoms with van der Waals surface area (Å²) in [4.78, 5) is 40.1. The molecule has 8 nitrogen and oxygen atoms in total. The van der Waals surface area contributed by atoms with Crippen LogP contribution in [0.25, 0.3) is 11.3 Å². The minimum absolute atomic E-state index is 0. The molecule has 2 N–H and O–H groups in total. The molecule has 0 saturated heterocycles. The third-order valence-corrected chi connectivity index (χ3v) is 5.37. The van der Waals surface area contributed by atoms with Crippen LogP contribution in [0.5, 0.6) is 0 Å². The number of anilines is 2. The van der Waals surface area contributed by atoms with Crippen molar-refractivity contribution in [1.29, 1.82) is 0 Å². The molecule has 1 aliphatic rings. The standard InChI is InChI=1S/C24H25N5O3.ClH/c1-4-19(28-32-3)23(30)27-17-11-9-16(10-12-17)24(31)29-14-13-20-22(26-15(2)25-20)18-7-5-6-8-21(18)29;/h5-12H,4,13-14H2,1-3H3,(H,25,26)(H,27,30);1H. The molecule has 0 spiro atoms. The van der Waals surface area contributed by atoms with Crippen LogP contribution in [-0.4, -0.2) is 41.1 Å². The molecular weight excluding hydrogens is 442 g/mol. The Morgan fingerprint density at radius 1 is 1.18 bits per heavy atom. The number of imidazole rings is 1. The topological polar surface area (TPSA) is 99.7 Å². The van der Waals surface area contributed by atoms with Gasteiger partial charge in [0.1, 0.15) is 18.6 Å². The normalized spacial score (nSPS) is 12.7. The van der Waals surface area contributed by atoms with Gasteiger partial charge in [0.15, 0.2) is 0 Å². The smallest absolute Gasteiger partial charge is 0.273 e. The Kier molecular flexibility index (Phi) is 7.50. The Hall–Kier alpha value is -3.65. The molecule has 0 unspecified atom stereocenters. The number of para-hydroxylation sites is 1. The van der Waals surface area contributed by atoms with Crippen molar-refractivity contribution in [2.45, 2.75) is 26.7 Å². The maximum Gasteiger partial charge on any atom is 0.273 e. The first-order valence-electron chi connectivity index (χ1n) is 10.5. The first kappa shape index (κ1) is 24.0. The molecule has 2 heterocycles. The van der Waals surface area contributed by atoms with Crippen LogP contribution >= 0.6 is 12.4 Å². The van der Waals surface area contributed by atoms with Crippen LogP contribution < -0.4 is 10.2 Å². The predicted molar refractivity (Wildman–Crippen MR) is 131 cm³/mol. The summed E-state index contributed by atoms with van der Waals surface area (Å²) in [5, 5.41) is 6.51. The summed E-state index contributed by atoms with van der Waals surface area (Å²) in [5.41, 5.74) is 5.11. The molecule has 172 valence electrons.